The second-order valence-electron chi connectivity index (χ2n) is 4.62. The Labute approximate surface area is 133 Å². The van der Waals surface area contributed by atoms with Crippen LogP contribution in [-0.4, -0.2) is 11.6 Å². The van der Waals surface area contributed by atoms with E-state index < -0.39 is 0 Å². The molecule has 0 bridgehead atoms. The molecule has 21 heavy (non-hydrogen) atoms. The third-order valence-corrected chi connectivity index (χ3v) is 3.52. The maximum absolute atomic E-state index is 12.1. The minimum Gasteiger partial charge on any atom is -0.267 e. The van der Waals surface area contributed by atoms with Crippen molar-refractivity contribution in [3.8, 4) is 0 Å². The van der Waals surface area contributed by atoms with Gasteiger partial charge in [0.1, 0.15) is 0 Å². The number of amides is 1. The van der Waals surface area contributed by atoms with Crippen LogP contribution in [0.4, 0.5) is 0 Å². The van der Waals surface area contributed by atoms with Crippen LogP contribution >= 0.6 is 15.9 Å². The van der Waals surface area contributed by atoms with Crippen LogP contribution < -0.4 is 5.43 Å². The first-order valence-electron chi connectivity index (χ1n) is 6.88. The topological polar surface area (TPSA) is 41.5 Å². The Morgan fingerprint density at radius 3 is 2.33 bits per heavy atom. The molecule has 0 aliphatic heterocycles. The summed E-state index contributed by atoms with van der Waals surface area (Å²) in [5, 5.41) is 4.29. The second-order valence-corrected chi connectivity index (χ2v) is 5.54. The lowest BCUT2D eigenvalue weighted by Crippen LogP contribution is -2.20. The third-order valence-electron chi connectivity index (χ3n) is 2.99. The smallest absolute Gasteiger partial charge is 0.267 e. The van der Waals surface area contributed by atoms with Gasteiger partial charge in [0.2, 0.25) is 0 Å². The molecule has 0 saturated carbocycles. The van der Waals surface area contributed by atoms with E-state index in [0.29, 0.717) is 5.56 Å². The SMILES string of the molecule is CCCC(=NNC(=O)c1ccc(Br)cc1)c1ccccc1. The first kappa shape index (κ1) is 15.4. The number of hydrogen-bond donors (Lipinski definition) is 1. The van der Waals surface area contributed by atoms with E-state index >= 15 is 0 Å². The van der Waals surface area contributed by atoms with Crippen molar-refractivity contribution in [2.75, 3.05) is 0 Å². The van der Waals surface area contributed by atoms with Crippen molar-refractivity contribution in [2.45, 2.75) is 19.8 Å². The molecule has 1 amide bonds. The Morgan fingerprint density at radius 1 is 1.05 bits per heavy atom. The van der Waals surface area contributed by atoms with Crippen molar-refractivity contribution in [1.29, 1.82) is 0 Å². The summed E-state index contributed by atoms with van der Waals surface area (Å²) in [7, 11) is 0. The molecule has 0 unspecified atom stereocenters. The zero-order valence-corrected chi connectivity index (χ0v) is 13.4. The Balaban J connectivity index is 2.12. The van der Waals surface area contributed by atoms with Gasteiger partial charge >= 0.3 is 0 Å². The Kier molecular flexibility index (Phi) is 5.69. The van der Waals surface area contributed by atoms with E-state index in [2.05, 4.69) is 33.4 Å². The number of hydrazone groups is 1. The average Bonchev–Trinajstić information content (AvgIpc) is 2.52. The normalized spacial score (nSPS) is 11.2. The fourth-order valence-electron chi connectivity index (χ4n) is 1.92. The minimum absolute atomic E-state index is 0.202. The molecule has 0 heterocycles. The van der Waals surface area contributed by atoms with Crippen molar-refractivity contribution in [1.82, 2.24) is 5.43 Å². The monoisotopic (exact) mass is 344 g/mol. The Morgan fingerprint density at radius 2 is 1.71 bits per heavy atom. The molecular formula is C17H17BrN2O. The first-order valence-corrected chi connectivity index (χ1v) is 7.68. The number of benzene rings is 2. The van der Waals surface area contributed by atoms with Gasteiger partial charge in [-0.05, 0) is 36.2 Å². The Hall–Kier alpha value is -1.94. The highest BCUT2D eigenvalue weighted by Crippen LogP contribution is 2.11. The highest BCUT2D eigenvalue weighted by Gasteiger charge is 2.06. The number of rotatable bonds is 5. The number of nitrogens with one attached hydrogen (secondary N) is 1. The lowest BCUT2D eigenvalue weighted by atomic mass is 10.1. The van der Waals surface area contributed by atoms with Crippen LogP contribution in [0.1, 0.15) is 35.7 Å². The molecule has 0 aromatic heterocycles. The highest BCUT2D eigenvalue weighted by atomic mass is 79.9. The molecule has 0 atom stereocenters. The molecule has 3 nitrogen and oxygen atoms in total. The van der Waals surface area contributed by atoms with Gasteiger partial charge in [0.15, 0.2) is 0 Å². The van der Waals surface area contributed by atoms with Gasteiger partial charge in [-0.3, -0.25) is 4.79 Å². The minimum atomic E-state index is -0.202. The standard InChI is InChI=1S/C17H17BrN2O/c1-2-6-16(13-7-4-3-5-8-13)19-20-17(21)14-9-11-15(18)12-10-14/h3-5,7-12H,2,6H2,1H3,(H,20,21). The summed E-state index contributed by atoms with van der Waals surface area (Å²) < 4.78 is 0.943. The molecule has 0 aliphatic carbocycles. The predicted octanol–water partition coefficient (Wildman–Crippen LogP) is 4.38. The van der Waals surface area contributed by atoms with Crippen LogP contribution in [0, 0.1) is 0 Å². The van der Waals surface area contributed by atoms with Gasteiger partial charge in [0.25, 0.3) is 5.91 Å². The van der Waals surface area contributed by atoms with Crippen LogP contribution in [0.3, 0.4) is 0 Å². The molecule has 0 saturated heterocycles. The van der Waals surface area contributed by atoms with Gasteiger partial charge in [-0.2, -0.15) is 5.10 Å². The van der Waals surface area contributed by atoms with Crippen LogP contribution in [0.15, 0.2) is 64.2 Å². The maximum Gasteiger partial charge on any atom is 0.271 e. The number of hydrogen-bond acceptors (Lipinski definition) is 2. The van der Waals surface area contributed by atoms with Crippen LogP contribution in [0.25, 0.3) is 0 Å². The van der Waals surface area contributed by atoms with Crippen molar-refractivity contribution in [3.05, 3.63) is 70.2 Å². The molecule has 1 N–H and O–H groups in total. The summed E-state index contributed by atoms with van der Waals surface area (Å²) in [6.45, 7) is 2.09. The van der Waals surface area contributed by atoms with E-state index in [-0.39, 0.29) is 5.91 Å². The van der Waals surface area contributed by atoms with Crippen LogP contribution in [0.2, 0.25) is 0 Å². The Bertz CT molecular complexity index is 621. The molecule has 0 aliphatic rings. The molecule has 0 radical (unpaired) electrons. The van der Waals surface area contributed by atoms with Crippen LogP contribution in [0.5, 0.6) is 0 Å². The molecule has 2 aromatic carbocycles. The predicted molar refractivity (Wildman–Crippen MR) is 89.5 cm³/mol. The molecular weight excluding hydrogens is 328 g/mol. The van der Waals surface area contributed by atoms with Gasteiger partial charge in [-0.1, -0.05) is 59.6 Å². The van der Waals surface area contributed by atoms with E-state index in [0.717, 1.165) is 28.6 Å². The number of carbonyl (C=O) groups excluding carboxylic acids is 1. The molecule has 0 fully saturated rings. The summed E-state index contributed by atoms with van der Waals surface area (Å²) in [6, 6.07) is 17.1. The van der Waals surface area contributed by atoms with Crippen molar-refractivity contribution < 1.29 is 4.79 Å². The summed E-state index contributed by atoms with van der Waals surface area (Å²) in [6.07, 6.45) is 1.80. The highest BCUT2D eigenvalue weighted by molar-refractivity contribution is 9.10. The zero-order chi connectivity index (χ0) is 15.1. The van der Waals surface area contributed by atoms with Gasteiger partial charge in [-0.15, -0.1) is 0 Å². The van der Waals surface area contributed by atoms with Crippen molar-refractivity contribution in [3.63, 3.8) is 0 Å². The molecule has 4 heteroatoms. The average molecular weight is 345 g/mol. The number of nitrogens with zero attached hydrogens (tertiary/aromatic N) is 1. The van der Waals surface area contributed by atoms with Crippen LogP contribution in [-0.2, 0) is 0 Å². The van der Waals surface area contributed by atoms with E-state index in [1.165, 1.54) is 0 Å². The maximum atomic E-state index is 12.1. The van der Waals surface area contributed by atoms with Gasteiger partial charge in [0, 0.05) is 10.0 Å². The summed E-state index contributed by atoms with van der Waals surface area (Å²) >= 11 is 3.35. The fraction of sp³-hybridized carbons (Fsp3) is 0.176. The quantitative estimate of drug-likeness (QED) is 0.634. The summed E-state index contributed by atoms with van der Waals surface area (Å²) in [4.78, 5) is 12.1. The molecule has 2 rings (SSSR count). The van der Waals surface area contributed by atoms with E-state index in [1.807, 2.05) is 42.5 Å². The molecule has 2 aromatic rings. The van der Waals surface area contributed by atoms with Gasteiger partial charge in [0.05, 0.1) is 5.71 Å². The first-order chi connectivity index (χ1) is 10.2. The second kappa shape index (κ2) is 7.74. The number of halogens is 1. The number of carbonyl (C=O) groups is 1. The third kappa shape index (κ3) is 4.53. The largest absolute Gasteiger partial charge is 0.271 e. The van der Waals surface area contributed by atoms with Gasteiger partial charge < -0.3 is 0 Å². The summed E-state index contributed by atoms with van der Waals surface area (Å²) in [5.74, 6) is -0.202. The van der Waals surface area contributed by atoms with Crippen molar-refractivity contribution in [2.24, 2.45) is 5.10 Å². The fourth-order valence-corrected chi connectivity index (χ4v) is 2.18. The van der Waals surface area contributed by atoms with E-state index in [1.54, 1.807) is 12.1 Å². The van der Waals surface area contributed by atoms with E-state index in [4.69, 9.17) is 0 Å². The lowest BCUT2D eigenvalue weighted by Gasteiger charge is -2.06. The lowest BCUT2D eigenvalue weighted by molar-refractivity contribution is 0.0955. The molecule has 0 spiro atoms. The summed E-state index contributed by atoms with van der Waals surface area (Å²) in [5.41, 5.74) is 5.15. The zero-order valence-electron chi connectivity index (χ0n) is 11.8. The van der Waals surface area contributed by atoms with Gasteiger partial charge in [-0.25, -0.2) is 5.43 Å². The van der Waals surface area contributed by atoms with E-state index in [9.17, 15) is 4.79 Å². The van der Waals surface area contributed by atoms with Crippen molar-refractivity contribution >= 4 is 27.5 Å². The molecule has 108 valence electrons.